The summed E-state index contributed by atoms with van der Waals surface area (Å²) in [5.74, 6) is 0.289. The van der Waals surface area contributed by atoms with E-state index in [2.05, 4.69) is 15.1 Å². The number of hydrogen-bond donors (Lipinski definition) is 1. The lowest BCUT2D eigenvalue weighted by molar-refractivity contribution is 0.439. The normalized spacial score (nSPS) is 10.6. The molecule has 19 heavy (non-hydrogen) atoms. The van der Waals surface area contributed by atoms with Crippen molar-refractivity contribution in [1.82, 2.24) is 15.1 Å². The van der Waals surface area contributed by atoms with Crippen LogP contribution in [0.2, 0.25) is 0 Å². The minimum atomic E-state index is 0.289. The van der Waals surface area contributed by atoms with Crippen LogP contribution in [0.5, 0.6) is 0 Å². The van der Waals surface area contributed by atoms with Crippen LogP contribution in [0, 0.1) is 6.92 Å². The average Bonchev–Trinajstić information content (AvgIpc) is 2.82. The van der Waals surface area contributed by atoms with Crippen LogP contribution < -0.4 is 5.73 Å². The summed E-state index contributed by atoms with van der Waals surface area (Å²) < 4.78 is 5.12. The molecule has 5 nitrogen and oxygen atoms in total. The minimum Gasteiger partial charge on any atom is -0.367 e. The minimum absolute atomic E-state index is 0.289. The van der Waals surface area contributed by atoms with E-state index in [0.717, 1.165) is 22.4 Å². The molecule has 0 aliphatic heterocycles. The maximum atomic E-state index is 5.88. The van der Waals surface area contributed by atoms with Crippen LogP contribution in [0.3, 0.4) is 0 Å². The molecular weight excluding hydrogens is 240 g/mol. The highest BCUT2D eigenvalue weighted by Crippen LogP contribution is 2.35. The molecule has 3 rings (SSSR count). The molecule has 0 fully saturated rings. The molecule has 0 saturated heterocycles. The lowest BCUT2D eigenvalue weighted by Gasteiger charge is -2.02. The Morgan fingerprint density at radius 2 is 2.05 bits per heavy atom. The molecule has 0 aliphatic rings. The molecule has 3 aromatic heterocycles. The summed E-state index contributed by atoms with van der Waals surface area (Å²) in [5, 5.41) is 4.05. The zero-order valence-electron chi connectivity index (χ0n) is 10.4. The van der Waals surface area contributed by atoms with E-state index in [4.69, 9.17) is 10.3 Å². The Morgan fingerprint density at radius 3 is 2.79 bits per heavy atom. The summed E-state index contributed by atoms with van der Waals surface area (Å²) in [6.45, 7) is 1.93. The van der Waals surface area contributed by atoms with Crippen LogP contribution in [0.25, 0.3) is 22.4 Å². The lowest BCUT2D eigenvalue weighted by Crippen LogP contribution is -1.89. The van der Waals surface area contributed by atoms with Gasteiger partial charge in [-0.05, 0) is 25.1 Å². The van der Waals surface area contributed by atoms with E-state index in [-0.39, 0.29) is 5.88 Å². The Labute approximate surface area is 110 Å². The summed E-state index contributed by atoms with van der Waals surface area (Å²) in [5.41, 5.74) is 10.1. The Morgan fingerprint density at radius 1 is 1.16 bits per heavy atom. The van der Waals surface area contributed by atoms with Crippen LogP contribution >= 0.6 is 0 Å². The summed E-state index contributed by atoms with van der Waals surface area (Å²) >= 11 is 0. The summed E-state index contributed by atoms with van der Waals surface area (Å²) in [4.78, 5) is 8.27. The molecule has 3 aromatic rings. The first-order valence-corrected chi connectivity index (χ1v) is 5.84. The maximum Gasteiger partial charge on any atom is 0.230 e. The third kappa shape index (κ3) is 2.06. The fourth-order valence-electron chi connectivity index (χ4n) is 1.98. The van der Waals surface area contributed by atoms with Crippen molar-refractivity contribution in [3.8, 4) is 22.4 Å². The number of rotatable bonds is 2. The van der Waals surface area contributed by atoms with Gasteiger partial charge < -0.3 is 10.3 Å². The van der Waals surface area contributed by atoms with Gasteiger partial charge in [-0.2, -0.15) is 0 Å². The average molecular weight is 252 g/mol. The molecule has 0 unspecified atom stereocenters. The Kier molecular flexibility index (Phi) is 2.72. The van der Waals surface area contributed by atoms with Gasteiger partial charge in [0.05, 0.1) is 5.56 Å². The quantitative estimate of drug-likeness (QED) is 0.758. The fraction of sp³-hybridized carbons (Fsp3) is 0.0714. The van der Waals surface area contributed by atoms with Crippen molar-refractivity contribution >= 4 is 5.88 Å². The van der Waals surface area contributed by atoms with Gasteiger partial charge in [0.2, 0.25) is 5.88 Å². The topological polar surface area (TPSA) is 77.8 Å². The molecule has 0 amide bonds. The van der Waals surface area contributed by atoms with Crippen molar-refractivity contribution in [1.29, 1.82) is 0 Å². The maximum absolute atomic E-state index is 5.88. The van der Waals surface area contributed by atoms with Gasteiger partial charge in [0.1, 0.15) is 5.69 Å². The van der Waals surface area contributed by atoms with Gasteiger partial charge in [0.25, 0.3) is 0 Å². The second-order valence-corrected chi connectivity index (χ2v) is 4.20. The number of aromatic nitrogens is 3. The molecule has 0 aliphatic carbocycles. The molecule has 0 saturated carbocycles. The van der Waals surface area contributed by atoms with Crippen molar-refractivity contribution in [2.24, 2.45) is 0 Å². The van der Waals surface area contributed by atoms with Crippen molar-refractivity contribution in [3.05, 3.63) is 48.5 Å². The molecule has 0 bridgehead atoms. The Hall–Kier alpha value is -2.69. The van der Waals surface area contributed by atoms with Crippen molar-refractivity contribution in [3.63, 3.8) is 0 Å². The van der Waals surface area contributed by atoms with Gasteiger partial charge in [-0.25, -0.2) is 0 Å². The van der Waals surface area contributed by atoms with E-state index in [1.807, 2.05) is 31.2 Å². The van der Waals surface area contributed by atoms with Gasteiger partial charge in [-0.1, -0.05) is 11.2 Å². The third-order valence-electron chi connectivity index (χ3n) is 2.84. The largest absolute Gasteiger partial charge is 0.367 e. The predicted molar refractivity (Wildman–Crippen MR) is 72.1 cm³/mol. The number of nitrogen functional groups attached to an aromatic ring is 1. The monoisotopic (exact) mass is 252 g/mol. The van der Waals surface area contributed by atoms with E-state index < -0.39 is 0 Å². The molecule has 94 valence electrons. The molecule has 3 heterocycles. The zero-order chi connectivity index (χ0) is 13.2. The smallest absolute Gasteiger partial charge is 0.230 e. The first-order valence-electron chi connectivity index (χ1n) is 5.84. The molecule has 0 atom stereocenters. The van der Waals surface area contributed by atoms with Gasteiger partial charge in [0, 0.05) is 35.4 Å². The van der Waals surface area contributed by atoms with Gasteiger partial charge in [-0.15, -0.1) is 0 Å². The first kappa shape index (κ1) is 11.4. The molecule has 2 N–H and O–H groups in total. The van der Waals surface area contributed by atoms with Crippen LogP contribution in [-0.2, 0) is 0 Å². The molecule has 0 radical (unpaired) electrons. The highest BCUT2D eigenvalue weighted by molar-refractivity contribution is 5.86. The molecule has 5 heteroatoms. The summed E-state index contributed by atoms with van der Waals surface area (Å²) in [7, 11) is 0. The second-order valence-electron chi connectivity index (χ2n) is 4.20. The fourth-order valence-corrected chi connectivity index (χ4v) is 1.98. The number of aryl methyl sites for hydroxylation is 1. The number of pyridine rings is 2. The van der Waals surface area contributed by atoms with Crippen molar-refractivity contribution < 1.29 is 4.52 Å². The van der Waals surface area contributed by atoms with E-state index in [9.17, 15) is 0 Å². The van der Waals surface area contributed by atoms with Gasteiger partial charge >= 0.3 is 0 Å². The van der Waals surface area contributed by atoms with E-state index >= 15 is 0 Å². The van der Waals surface area contributed by atoms with E-state index in [1.165, 1.54) is 0 Å². The van der Waals surface area contributed by atoms with E-state index in [1.54, 1.807) is 18.6 Å². The zero-order valence-corrected chi connectivity index (χ0v) is 10.4. The molecule has 0 aromatic carbocycles. The van der Waals surface area contributed by atoms with Crippen LogP contribution in [0.1, 0.15) is 5.69 Å². The van der Waals surface area contributed by atoms with Crippen LogP contribution in [0.15, 0.2) is 47.4 Å². The van der Waals surface area contributed by atoms with Crippen LogP contribution in [0.4, 0.5) is 5.88 Å². The summed E-state index contributed by atoms with van der Waals surface area (Å²) in [6, 6.07) is 7.60. The van der Waals surface area contributed by atoms with E-state index in [0.29, 0.717) is 5.69 Å². The SMILES string of the molecule is Cc1cc(-c2noc(N)c2-c2cccnc2)ccn1. The summed E-state index contributed by atoms with van der Waals surface area (Å²) in [6.07, 6.45) is 5.19. The standard InChI is InChI=1S/C14H12N4O/c1-9-7-10(4-6-17-9)13-12(14(15)19-18-13)11-3-2-5-16-8-11/h2-8H,15H2,1H3. The molecule has 0 spiro atoms. The lowest BCUT2D eigenvalue weighted by atomic mass is 10.0. The second kappa shape index (κ2) is 4.53. The highest BCUT2D eigenvalue weighted by Gasteiger charge is 2.17. The highest BCUT2D eigenvalue weighted by atomic mass is 16.5. The Balaban J connectivity index is 2.19. The van der Waals surface area contributed by atoms with Gasteiger partial charge in [-0.3, -0.25) is 9.97 Å². The van der Waals surface area contributed by atoms with Crippen LogP contribution in [-0.4, -0.2) is 15.1 Å². The van der Waals surface area contributed by atoms with Crippen molar-refractivity contribution in [2.75, 3.05) is 5.73 Å². The predicted octanol–water partition coefficient (Wildman–Crippen LogP) is 2.69. The third-order valence-corrected chi connectivity index (χ3v) is 2.84. The Bertz CT molecular complexity index is 706. The molecular formula is C14H12N4O. The first-order chi connectivity index (χ1) is 9.25. The van der Waals surface area contributed by atoms with Gasteiger partial charge in [0.15, 0.2) is 0 Å². The number of hydrogen-bond acceptors (Lipinski definition) is 5. The number of nitrogens with zero attached hydrogens (tertiary/aromatic N) is 3. The number of nitrogens with two attached hydrogens (primary N) is 1. The number of anilines is 1. The van der Waals surface area contributed by atoms with Crippen molar-refractivity contribution in [2.45, 2.75) is 6.92 Å².